The highest BCUT2D eigenvalue weighted by molar-refractivity contribution is 14.1. The Hall–Kier alpha value is 0.690. The molecule has 1 rings (SSSR count). The van der Waals surface area contributed by atoms with Crippen molar-refractivity contribution in [2.45, 2.75) is 36.8 Å². The summed E-state index contributed by atoms with van der Waals surface area (Å²) >= 11 is 2.49. The fraction of sp³-hybridized carbons (Fsp3) is 1.00. The second-order valence-corrected chi connectivity index (χ2v) is 4.61. The van der Waals surface area contributed by atoms with Gasteiger partial charge in [-0.2, -0.15) is 0 Å². The molecule has 1 aliphatic rings. The van der Waals surface area contributed by atoms with E-state index in [0.29, 0.717) is 0 Å². The van der Waals surface area contributed by atoms with Crippen molar-refractivity contribution in [1.82, 2.24) is 4.90 Å². The van der Waals surface area contributed by atoms with Gasteiger partial charge in [0.25, 0.3) is 0 Å². The van der Waals surface area contributed by atoms with Crippen LogP contribution in [0.15, 0.2) is 0 Å². The summed E-state index contributed by atoms with van der Waals surface area (Å²) in [6, 6.07) is 0.830. The van der Waals surface area contributed by atoms with E-state index < -0.39 is 0 Å². The Morgan fingerprint density at radius 1 is 1.67 bits per heavy atom. The lowest BCUT2D eigenvalue weighted by Crippen LogP contribution is -2.31. The van der Waals surface area contributed by atoms with Crippen molar-refractivity contribution in [2.75, 3.05) is 6.54 Å². The Morgan fingerprint density at radius 3 is 2.56 bits per heavy atom. The van der Waals surface area contributed by atoms with Crippen LogP contribution >= 0.6 is 22.6 Å². The molecule has 0 aromatic heterocycles. The molecule has 2 heteroatoms. The molecule has 0 amide bonds. The number of hydrogen-bond donors (Lipinski definition) is 0. The van der Waals surface area contributed by atoms with Crippen LogP contribution in [-0.2, 0) is 0 Å². The maximum absolute atomic E-state index is 2.56. The molecule has 54 valence electrons. The molecule has 1 aliphatic heterocycles. The van der Waals surface area contributed by atoms with Crippen LogP contribution in [0.3, 0.4) is 0 Å². The highest BCUT2D eigenvalue weighted by atomic mass is 127. The molecule has 1 heterocycles. The molecule has 9 heavy (non-hydrogen) atoms. The van der Waals surface area contributed by atoms with Crippen LogP contribution in [0, 0.1) is 0 Å². The van der Waals surface area contributed by atoms with Crippen molar-refractivity contribution in [1.29, 1.82) is 0 Å². The Balaban J connectivity index is 2.40. The molecular formula is C7H14IN. The van der Waals surface area contributed by atoms with Gasteiger partial charge in [-0.15, -0.1) is 0 Å². The lowest BCUT2D eigenvalue weighted by Gasteiger charge is -2.23. The number of likely N-dealkylation sites (tertiary alicyclic amines) is 1. The zero-order chi connectivity index (χ0) is 6.85. The molecule has 1 fully saturated rings. The highest BCUT2D eigenvalue weighted by Crippen LogP contribution is 2.21. The molecule has 1 nitrogen and oxygen atoms in total. The van der Waals surface area contributed by atoms with Crippen molar-refractivity contribution in [3.05, 3.63) is 0 Å². The van der Waals surface area contributed by atoms with Crippen molar-refractivity contribution in [3.8, 4) is 0 Å². The number of nitrogens with zero attached hydrogens (tertiary/aromatic N) is 1. The summed E-state index contributed by atoms with van der Waals surface area (Å²) in [7, 11) is 0. The van der Waals surface area contributed by atoms with E-state index in [-0.39, 0.29) is 0 Å². The summed E-state index contributed by atoms with van der Waals surface area (Å²) in [5.74, 6) is 0. The van der Waals surface area contributed by atoms with E-state index in [0.717, 1.165) is 10.1 Å². The minimum Gasteiger partial charge on any atom is -0.289 e. The molecule has 0 radical (unpaired) electrons. The van der Waals surface area contributed by atoms with Gasteiger partial charge < -0.3 is 0 Å². The monoisotopic (exact) mass is 239 g/mol. The number of halogens is 1. The quantitative estimate of drug-likeness (QED) is 0.385. The maximum Gasteiger partial charge on any atom is 0.0592 e. The van der Waals surface area contributed by atoms with Gasteiger partial charge in [-0.05, 0) is 33.2 Å². The van der Waals surface area contributed by atoms with E-state index in [2.05, 4.69) is 41.3 Å². The third-order valence-corrected chi connectivity index (χ3v) is 2.78. The van der Waals surface area contributed by atoms with Crippen LogP contribution in [-0.4, -0.2) is 21.5 Å². The SMILES string of the molecule is CC(I)N1CCCC1C. The van der Waals surface area contributed by atoms with E-state index in [1.54, 1.807) is 0 Å². The molecule has 1 saturated heterocycles. The Morgan fingerprint density at radius 2 is 2.33 bits per heavy atom. The summed E-state index contributed by atoms with van der Waals surface area (Å²) in [6.07, 6.45) is 2.79. The molecule has 0 aliphatic carbocycles. The molecule has 0 aromatic rings. The average molecular weight is 239 g/mol. The van der Waals surface area contributed by atoms with E-state index in [1.165, 1.54) is 19.4 Å². The van der Waals surface area contributed by atoms with E-state index in [9.17, 15) is 0 Å². The molecule has 0 bridgehead atoms. The standard InChI is InChI=1S/C7H14IN/c1-6-4-3-5-9(6)7(2)8/h6-7H,3-5H2,1-2H3. The molecule has 0 spiro atoms. The van der Waals surface area contributed by atoms with Gasteiger partial charge in [0.15, 0.2) is 0 Å². The molecule has 2 atom stereocenters. The van der Waals surface area contributed by atoms with Gasteiger partial charge in [0.2, 0.25) is 0 Å². The van der Waals surface area contributed by atoms with Crippen LogP contribution < -0.4 is 0 Å². The number of hydrogen-bond acceptors (Lipinski definition) is 1. The predicted octanol–water partition coefficient (Wildman–Crippen LogP) is 2.25. The molecule has 0 aromatic carbocycles. The first kappa shape index (κ1) is 7.79. The smallest absolute Gasteiger partial charge is 0.0592 e. The Bertz CT molecular complexity index is 92.9. The van der Waals surface area contributed by atoms with Crippen molar-refractivity contribution in [2.24, 2.45) is 0 Å². The first-order chi connectivity index (χ1) is 4.22. The summed E-state index contributed by atoms with van der Waals surface area (Å²) < 4.78 is 0.722. The average Bonchev–Trinajstić information content (AvgIpc) is 2.13. The van der Waals surface area contributed by atoms with Gasteiger partial charge in [-0.25, -0.2) is 0 Å². The third kappa shape index (κ3) is 1.80. The van der Waals surface area contributed by atoms with Crippen LogP contribution in [0.25, 0.3) is 0 Å². The molecular weight excluding hydrogens is 225 g/mol. The first-order valence-corrected chi connectivity index (χ1v) is 4.86. The zero-order valence-electron chi connectivity index (χ0n) is 6.10. The minimum absolute atomic E-state index is 0.722. The molecule has 2 unspecified atom stereocenters. The maximum atomic E-state index is 2.56. The first-order valence-electron chi connectivity index (χ1n) is 3.61. The zero-order valence-corrected chi connectivity index (χ0v) is 8.26. The van der Waals surface area contributed by atoms with Gasteiger partial charge in [0, 0.05) is 6.04 Å². The van der Waals surface area contributed by atoms with Gasteiger partial charge in [0.1, 0.15) is 0 Å². The van der Waals surface area contributed by atoms with E-state index >= 15 is 0 Å². The highest BCUT2D eigenvalue weighted by Gasteiger charge is 2.22. The second kappa shape index (κ2) is 3.19. The fourth-order valence-corrected chi connectivity index (χ4v) is 2.31. The predicted molar refractivity (Wildman–Crippen MR) is 48.9 cm³/mol. The van der Waals surface area contributed by atoms with Gasteiger partial charge in [-0.3, -0.25) is 4.90 Å². The lowest BCUT2D eigenvalue weighted by molar-refractivity contribution is 0.272. The fourth-order valence-electron chi connectivity index (χ4n) is 1.48. The largest absolute Gasteiger partial charge is 0.289 e. The topological polar surface area (TPSA) is 3.24 Å². The van der Waals surface area contributed by atoms with E-state index in [1.807, 2.05) is 0 Å². The summed E-state index contributed by atoms with van der Waals surface area (Å²) in [5, 5.41) is 0. The van der Waals surface area contributed by atoms with Crippen LogP contribution in [0.4, 0.5) is 0 Å². The third-order valence-electron chi connectivity index (χ3n) is 2.06. The van der Waals surface area contributed by atoms with Crippen LogP contribution in [0.1, 0.15) is 26.7 Å². The van der Waals surface area contributed by atoms with Gasteiger partial charge in [0.05, 0.1) is 4.05 Å². The van der Waals surface area contributed by atoms with Gasteiger partial charge in [-0.1, -0.05) is 22.6 Å². The molecule has 0 saturated carbocycles. The normalized spacial score (nSPS) is 33.0. The van der Waals surface area contributed by atoms with Gasteiger partial charge >= 0.3 is 0 Å². The van der Waals surface area contributed by atoms with Crippen molar-refractivity contribution in [3.63, 3.8) is 0 Å². The lowest BCUT2D eigenvalue weighted by atomic mass is 10.2. The summed E-state index contributed by atoms with van der Waals surface area (Å²) in [6.45, 7) is 5.90. The Kier molecular flexibility index (Phi) is 2.76. The van der Waals surface area contributed by atoms with Crippen LogP contribution in [0.5, 0.6) is 0 Å². The minimum atomic E-state index is 0.722. The Labute approximate surface area is 70.9 Å². The van der Waals surface area contributed by atoms with E-state index in [4.69, 9.17) is 0 Å². The van der Waals surface area contributed by atoms with Crippen molar-refractivity contribution >= 4 is 22.6 Å². The summed E-state index contributed by atoms with van der Waals surface area (Å²) in [5.41, 5.74) is 0. The molecule has 0 N–H and O–H groups in total. The van der Waals surface area contributed by atoms with Crippen molar-refractivity contribution < 1.29 is 0 Å². The summed E-state index contributed by atoms with van der Waals surface area (Å²) in [4.78, 5) is 2.56. The number of rotatable bonds is 1. The second-order valence-electron chi connectivity index (χ2n) is 2.80. The van der Waals surface area contributed by atoms with Crippen LogP contribution in [0.2, 0.25) is 0 Å². The number of alkyl halides is 1.